The zero-order chi connectivity index (χ0) is 13.7. The molecule has 2 aromatic heterocycles. The molecule has 4 N–H and O–H groups in total. The molecule has 20 heavy (non-hydrogen) atoms. The van der Waals surface area contributed by atoms with Crippen molar-refractivity contribution in [1.29, 1.82) is 0 Å². The van der Waals surface area contributed by atoms with E-state index in [1.54, 1.807) is 0 Å². The van der Waals surface area contributed by atoms with Crippen LogP contribution in [-0.2, 0) is 0 Å². The first kappa shape index (κ1) is 11.8. The summed E-state index contributed by atoms with van der Waals surface area (Å²) in [6, 6.07) is 11.9. The van der Waals surface area contributed by atoms with Crippen LogP contribution < -0.4 is 15.6 Å². The lowest BCUT2D eigenvalue weighted by atomic mass is 10.3. The van der Waals surface area contributed by atoms with Crippen molar-refractivity contribution < 1.29 is 8.98 Å². The number of halogens is 1. The smallest absolute Gasteiger partial charge is 0.365 e. The Labute approximate surface area is 127 Å². The van der Waals surface area contributed by atoms with Gasteiger partial charge in [0.1, 0.15) is 11.0 Å². The van der Waals surface area contributed by atoms with Gasteiger partial charge in [-0.25, -0.2) is 10.3 Å². The molecule has 3 aromatic rings. The van der Waals surface area contributed by atoms with Crippen molar-refractivity contribution in [3.63, 3.8) is 0 Å². The largest absolute Gasteiger partial charge is 0.449 e. The third kappa shape index (κ3) is 1.69. The summed E-state index contributed by atoms with van der Waals surface area (Å²) >= 11 is 2.14. The fourth-order valence-corrected chi connectivity index (χ4v) is 2.88. The summed E-state index contributed by atoms with van der Waals surface area (Å²) in [6.45, 7) is 0. The number of aliphatic imine (C=N–C) groups is 1. The molecule has 3 heterocycles. The molecule has 0 spiro atoms. The number of fused-ring (bicyclic) bond motifs is 3. The molecule has 7 heteroatoms. The zero-order valence-corrected chi connectivity index (χ0v) is 12.5. The Morgan fingerprint density at radius 1 is 1.25 bits per heavy atom. The van der Waals surface area contributed by atoms with E-state index in [2.05, 4.69) is 37.9 Å². The van der Waals surface area contributed by atoms with Crippen LogP contribution in [0.15, 0.2) is 45.8 Å². The van der Waals surface area contributed by atoms with E-state index in [1.165, 1.54) is 0 Å². The molecule has 6 nitrogen and oxygen atoms in total. The molecule has 0 aliphatic carbocycles. The van der Waals surface area contributed by atoms with Gasteiger partial charge in [0.2, 0.25) is 6.17 Å². The lowest BCUT2D eigenvalue weighted by Gasteiger charge is -2.15. The molecule has 0 saturated heterocycles. The van der Waals surface area contributed by atoms with Gasteiger partial charge < -0.3 is 10.2 Å². The third-order valence-electron chi connectivity index (χ3n) is 3.26. The fraction of sp³-hybridized carbons (Fsp3) is 0.0769. The van der Waals surface area contributed by atoms with E-state index in [4.69, 9.17) is 10.2 Å². The molecule has 1 aromatic carbocycles. The molecule has 1 aliphatic rings. The van der Waals surface area contributed by atoms with Crippen LogP contribution in [0.2, 0.25) is 0 Å². The summed E-state index contributed by atoms with van der Waals surface area (Å²) in [7, 11) is 0. The predicted octanol–water partition coefficient (Wildman–Crippen LogP) is 1.94. The number of nitrogens with two attached hydrogens (primary N) is 1. The molecule has 0 saturated carbocycles. The number of H-pyrrole nitrogens is 1. The van der Waals surface area contributed by atoms with Gasteiger partial charge in [-0.15, -0.1) is 0 Å². The summed E-state index contributed by atoms with van der Waals surface area (Å²) in [5.74, 6) is 1.93. The molecule has 0 amide bonds. The number of imidazole rings is 1. The summed E-state index contributed by atoms with van der Waals surface area (Å²) < 4.78 is 8.58. The van der Waals surface area contributed by atoms with Crippen LogP contribution in [0.5, 0.6) is 0 Å². The minimum atomic E-state index is -0.300. The van der Waals surface area contributed by atoms with Gasteiger partial charge in [0.25, 0.3) is 5.96 Å². The maximum absolute atomic E-state index is 5.87. The number of anilines is 1. The second-order valence-electron chi connectivity index (χ2n) is 4.52. The number of para-hydroxylation sites is 2. The summed E-state index contributed by atoms with van der Waals surface area (Å²) in [6.07, 6.45) is -0.300. The number of nitrogens with zero attached hydrogens (tertiary/aromatic N) is 2. The minimum absolute atomic E-state index is 0.300. The SMILES string of the molecule is NC1=N[C@H](c2ccc(I)o2)[n+]2c([nH]c3ccccc32)N1. The Hall–Kier alpha value is -2.03. The third-order valence-corrected chi connectivity index (χ3v) is 3.84. The van der Waals surface area contributed by atoms with Crippen molar-refractivity contribution >= 4 is 45.5 Å². The highest BCUT2D eigenvalue weighted by Gasteiger charge is 2.32. The van der Waals surface area contributed by atoms with Crippen molar-refractivity contribution in [2.45, 2.75) is 6.17 Å². The van der Waals surface area contributed by atoms with E-state index in [9.17, 15) is 0 Å². The van der Waals surface area contributed by atoms with Gasteiger partial charge in [0, 0.05) is 0 Å². The number of aromatic amines is 1. The first-order chi connectivity index (χ1) is 9.72. The van der Waals surface area contributed by atoms with Crippen LogP contribution in [0.25, 0.3) is 11.0 Å². The zero-order valence-electron chi connectivity index (χ0n) is 10.3. The average molecular weight is 380 g/mol. The van der Waals surface area contributed by atoms with E-state index in [1.807, 2.05) is 41.0 Å². The highest BCUT2D eigenvalue weighted by Crippen LogP contribution is 2.25. The molecule has 4 rings (SSSR count). The Kier molecular flexibility index (Phi) is 2.49. The second-order valence-corrected chi connectivity index (χ2v) is 5.58. The number of furan rings is 1. The first-order valence-corrected chi connectivity index (χ1v) is 7.18. The number of aromatic nitrogens is 2. The minimum Gasteiger partial charge on any atom is -0.449 e. The number of hydrogen-bond acceptors (Lipinski definition) is 4. The van der Waals surface area contributed by atoms with Crippen molar-refractivity contribution in [1.82, 2.24) is 4.98 Å². The lowest BCUT2D eigenvalue weighted by Crippen LogP contribution is -2.47. The van der Waals surface area contributed by atoms with Gasteiger partial charge in [-0.2, -0.15) is 9.56 Å². The monoisotopic (exact) mass is 380 g/mol. The van der Waals surface area contributed by atoms with Crippen molar-refractivity contribution in [2.75, 3.05) is 5.32 Å². The Morgan fingerprint density at radius 2 is 2.10 bits per heavy atom. The highest BCUT2D eigenvalue weighted by molar-refractivity contribution is 14.1. The molecule has 0 radical (unpaired) electrons. The molecule has 1 atom stereocenters. The normalized spacial score (nSPS) is 17.6. The van der Waals surface area contributed by atoms with Crippen LogP contribution in [0.4, 0.5) is 5.95 Å². The van der Waals surface area contributed by atoms with E-state index in [-0.39, 0.29) is 6.17 Å². The van der Waals surface area contributed by atoms with Crippen LogP contribution in [-0.4, -0.2) is 10.9 Å². The highest BCUT2D eigenvalue weighted by atomic mass is 127. The molecule has 0 unspecified atom stereocenters. The van der Waals surface area contributed by atoms with Gasteiger partial charge in [-0.3, -0.25) is 0 Å². The fourth-order valence-electron chi connectivity index (χ4n) is 2.44. The van der Waals surface area contributed by atoms with Gasteiger partial charge >= 0.3 is 5.95 Å². The van der Waals surface area contributed by atoms with Gasteiger partial charge in [-0.05, 0) is 46.9 Å². The first-order valence-electron chi connectivity index (χ1n) is 6.10. The molecule has 100 valence electrons. The predicted molar refractivity (Wildman–Crippen MR) is 83.3 cm³/mol. The van der Waals surface area contributed by atoms with E-state index in [0.717, 1.165) is 26.5 Å². The number of rotatable bonds is 1. The van der Waals surface area contributed by atoms with Crippen molar-refractivity contribution in [2.24, 2.45) is 10.7 Å². The van der Waals surface area contributed by atoms with E-state index >= 15 is 0 Å². The maximum atomic E-state index is 5.87. The van der Waals surface area contributed by atoms with Crippen LogP contribution >= 0.6 is 22.6 Å². The van der Waals surface area contributed by atoms with Crippen LogP contribution in [0.3, 0.4) is 0 Å². The van der Waals surface area contributed by atoms with Gasteiger partial charge in [-0.1, -0.05) is 12.1 Å². The number of nitrogens with one attached hydrogen (secondary N) is 2. The molecular formula is C13H11IN5O+. The second kappa shape index (κ2) is 4.23. The summed E-state index contributed by atoms with van der Waals surface area (Å²) in [5, 5.41) is 3.05. The van der Waals surface area contributed by atoms with Gasteiger partial charge in [0.15, 0.2) is 9.53 Å². The summed E-state index contributed by atoms with van der Waals surface area (Å²) in [5.41, 5.74) is 7.93. The van der Waals surface area contributed by atoms with Crippen molar-refractivity contribution in [3.05, 3.63) is 45.9 Å². The molecule has 0 bridgehead atoms. The van der Waals surface area contributed by atoms with Crippen molar-refractivity contribution in [3.8, 4) is 0 Å². The molecular weight excluding hydrogens is 369 g/mol. The van der Waals surface area contributed by atoms with Gasteiger partial charge in [0.05, 0.1) is 0 Å². The Bertz CT molecular complexity index is 834. The topological polar surface area (TPSA) is 83.2 Å². The quantitative estimate of drug-likeness (QED) is 0.446. The Morgan fingerprint density at radius 3 is 2.90 bits per heavy atom. The average Bonchev–Trinajstić information content (AvgIpc) is 3.00. The molecule has 0 fully saturated rings. The summed E-state index contributed by atoms with van der Waals surface area (Å²) in [4.78, 5) is 7.76. The Balaban J connectivity index is 1.98. The lowest BCUT2D eigenvalue weighted by molar-refractivity contribution is -0.676. The molecule has 1 aliphatic heterocycles. The number of benzene rings is 1. The van der Waals surface area contributed by atoms with E-state index < -0.39 is 0 Å². The van der Waals surface area contributed by atoms with E-state index in [0.29, 0.717) is 5.96 Å². The standard InChI is InChI=1S/C13H10IN5O/c14-10-6-5-9(20-10)11-17-12(15)18-13-16-7-3-1-2-4-8(7)19(11)13/h1-6,11H,(H3,15,16,17,18)/p+1/t11-/m0/s1. The van der Waals surface area contributed by atoms with Crippen LogP contribution in [0, 0.1) is 3.77 Å². The number of hydrogen-bond donors (Lipinski definition) is 3. The maximum Gasteiger partial charge on any atom is 0.365 e. The number of guanidine groups is 1. The van der Waals surface area contributed by atoms with Crippen LogP contribution in [0.1, 0.15) is 11.9 Å².